The molecule has 0 bridgehead atoms. The lowest BCUT2D eigenvalue weighted by Crippen LogP contribution is -2.41. The molecule has 3 aromatic rings. The molecule has 1 atom stereocenters. The second-order valence-electron chi connectivity index (χ2n) is 8.72. The average molecular weight is 537 g/mol. The first-order valence-electron chi connectivity index (χ1n) is 12.2. The van der Waals surface area contributed by atoms with E-state index in [1.165, 1.54) is 0 Å². The van der Waals surface area contributed by atoms with Crippen molar-refractivity contribution in [2.75, 3.05) is 24.5 Å². The Balaban J connectivity index is 1.80. The number of carbonyl (C=O) groups excluding carboxylic acids is 2. The lowest BCUT2D eigenvalue weighted by Gasteiger charge is -2.31. The van der Waals surface area contributed by atoms with E-state index < -0.39 is 5.91 Å². The van der Waals surface area contributed by atoms with Crippen molar-refractivity contribution in [2.45, 2.75) is 32.7 Å². The Hall–Kier alpha value is -3.37. The molecule has 0 spiro atoms. The Morgan fingerprint density at radius 3 is 2.30 bits per heavy atom. The Labute approximate surface area is 228 Å². The maximum atomic E-state index is 12.8. The fourth-order valence-corrected chi connectivity index (χ4v) is 4.49. The fraction of sp³-hybridized carbons (Fsp3) is 0.276. The molecule has 3 aromatic carbocycles. The van der Waals surface area contributed by atoms with E-state index in [2.05, 4.69) is 16.7 Å². The summed E-state index contributed by atoms with van der Waals surface area (Å²) < 4.78 is 0. The summed E-state index contributed by atoms with van der Waals surface area (Å²) in [4.78, 5) is 27.0. The third kappa shape index (κ3) is 8.33. The smallest absolute Gasteiger partial charge is 0.246 e. The van der Waals surface area contributed by atoms with Crippen molar-refractivity contribution in [3.8, 4) is 17.2 Å². The Morgan fingerprint density at radius 2 is 1.65 bits per heavy atom. The number of benzene rings is 3. The number of amides is 2. The summed E-state index contributed by atoms with van der Waals surface area (Å²) in [5.74, 6) is -0.734. The van der Waals surface area contributed by atoms with Crippen LogP contribution < -0.4 is 15.5 Å². The largest absolute Gasteiger partial charge is 0.355 e. The number of rotatable bonds is 11. The van der Waals surface area contributed by atoms with Crippen molar-refractivity contribution >= 4 is 40.7 Å². The van der Waals surface area contributed by atoms with E-state index in [1.54, 1.807) is 24.3 Å². The van der Waals surface area contributed by atoms with Crippen LogP contribution in [0.25, 0.3) is 11.1 Å². The van der Waals surface area contributed by atoms with E-state index in [9.17, 15) is 14.9 Å². The molecule has 3 rings (SSSR count). The molecule has 0 aliphatic carbocycles. The van der Waals surface area contributed by atoms with Gasteiger partial charge in [0.05, 0.1) is 24.2 Å². The van der Waals surface area contributed by atoms with Gasteiger partial charge in [0.15, 0.2) is 0 Å². The number of halogens is 2. The first-order valence-corrected chi connectivity index (χ1v) is 12.9. The highest BCUT2D eigenvalue weighted by molar-refractivity contribution is 6.35. The summed E-state index contributed by atoms with van der Waals surface area (Å²) in [6, 6.07) is 22.4. The minimum absolute atomic E-state index is 0.0576. The van der Waals surface area contributed by atoms with Crippen molar-refractivity contribution in [1.82, 2.24) is 10.6 Å². The van der Waals surface area contributed by atoms with Crippen molar-refractivity contribution in [2.24, 2.45) is 0 Å². The lowest BCUT2D eigenvalue weighted by molar-refractivity contribution is -0.129. The Bertz CT molecular complexity index is 1250. The van der Waals surface area contributed by atoms with Gasteiger partial charge in [-0.15, -0.1) is 0 Å². The van der Waals surface area contributed by atoms with Crippen LogP contribution in [0, 0.1) is 11.3 Å². The second-order valence-corrected chi connectivity index (χ2v) is 9.59. The number of hydrogen-bond donors (Lipinski definition) is 2. The molecule has 0 saturated heterocycles. The molecule has 0 unspecified atom stereocenters. The third-order valence-corrected chi connectivity index (χ3v) is 6.35. The van der Waals surface area contributed by atoms with E-state index in [0.717, 1.165) is 29.7 Å². The van der Waals surface area contributed by atoms with E-state index in [1.807, 2.05) is 61.2 Å². The van der Waals surface area contributed by atoms with Crippen molar-refractivity contribution < 1.29 is 9.59 Å². The van der Waals surface area contributed by atoms with Gasteiger partial charge in [0, 0.05) is 28.7 Å². The number of nitrogens with zero attached hydrogens (tertiary/aromatic N) is 2. The summed E-state index contributed by atoms with van der Waals surface area (Å²) >= 11 is 12.5. The SMILES string of the molecule is CCCNCCC(=O)NC(=O)CN(c1cc(Cl)cc(Cl)c1)[C@@H](C)c1ccc(-c2cccc(C#N)c2)cc1. The normalized spacial score (nSPS) is 11.4. The topological polar surface area (TPSA) is 85.2 Å². The first kappa shape index (κ1) is 28.2. The Kier molecular flexibility index (Phi) is 10.5. The number of imide groups is 1. The monoisotopic (exact) mass is 536 g/mol. The molecule has 2 N–H and O–H groups in total. The van der Waals surface area contributed by atoms with E-state index in [4.69, 9.17) is 23.2 Å². The third-order valence-electron chi connectivity index (χ3n) is 5.91. The zero-order valence-corrected chi connectivity index (χ0v) is 22.4. The van der Waals surface area contributed by atoms with Crippen LogP contribution >= 0.6 is 23.2 Å². The zero-order chi connectivity index (χ0) is 26.8. The molecule has 192 valence electrons. The molecule has 37 heavy (non-hydrogen) atoms. The molecule has 6 nitrogen and oxygen atoms in total. The molecule has 8 heteroatoms. The van der Waals surface area contributed by atoms with Crippen molar-refractivity contribution in [3.05, 3.63) is 87.9 Å². The highest BCUT2D eigenvalue weighted by Crippen LogP contribution is 2.32. The van der Waals surface area contributed by atoms with Crippen LogP contribution in [0.3, 0.4) is 0 Å². The van der Waals surface area contributed by atoms with Gasteiger partial charge in [0.1, 0.15) is 0 Å². The Morgan fingerprint density at radius 1 is 0.946 bits per heavy atom. The summed E-state index contributed by atoms with van der Waals surface area (Å²) in [5.41, 5.74) is 4.15. The molecular formula is C29H30Cl2N4O2. The van der Waals surface area contributed by atoms with Crippen LogP contribution in [0.5, 0.6) is 0 Å². The van der Waals surface area contributed by atoms with Gasteiger partial charge in [-0.3, -0.25) is 14.9 Å². The van der Waals surface area contributed by atoms with Crippen LogP contribution in [0.15, 0.2) is 66.7 Å². The minimum atomic E-state index is -0.409. The quantitative estimate of drug-likeness (QED) is 0.288. The highest BCUT2D eigenvalue weighted by atomic mass is 35.5. The first-order chi connectivity index (χ1) is 17.8. The molecule has 0 aliphatic heterocycles. The van der Waals surface area contributed by atoms with Gasteiger partial charge < -0.3 is 10.2 Å². The predicted molar refractivity (Wildman–Crippen MR) is 150 cm³/mol. The van der Waals surface area contributed by atoms with Crippen LogP contribution in [-0.2, 0) is 9.59 Å². The summed E-state index contributed by atoms with van der Waals surface area (Å²) in [6.45, 7) is 5.31. The number of nitriles is 1. The summed E-state index contributed by atoms with van der Waals surface area (Å²) in [7, 11) is 0. The molecular weight excluding hydrogens is 507 g/mol. The number of nitrogens with one attached hydrogen (secondary N) is 2. The van der Waals surface area contributed by atoms with E-state index in [-0.39, 0.29) is 24.9 Å². The number of hydrogen-bond acceptors (Lipinski definition) is 5. The predicted octanol–water partition coefficient (Wildman–Crippen LogP) is 6.13. The molecule has 2 amide bonds. The fourth-order valence-electron chi connectivity index (χ4n) is 3.98. The van der Waals surface area contributed by atoms with Crippen molar-refractivity contribution in [3.63, 3.8) is 0 Å². The molecule has 0 aliphatic rings. The maximum Gasteiger partial charge on any atom is 0.246 e. The molecule has 0 heterocycles. The van der Waals surface area contributed by atoms with E-state index in [0.29, 0.717) is 27.8 Å². The van der Waals surface area contributed by atoms with Crippen LogP contribution in [0.1, 0.15) is 43.9 Å². The van der Waals surface area contributed by atoms with Crippen molar-refractivity contribution in [1.29, 1.82) is 5.26 Å². The highest BCUT2D eigenvalue weighted by Gasteiger charge is 2.21. The molecule has 0 radical (unpaired) electrons. The van der Waals surface area contributed by atoms with Crippen LogP contribution in [-0.4, -0.2) is 31.4 Å². The van der Waals surface area contributed by atoms with Gasteiger partial charge in [-0.05, 0) is 66.9 Å². The van der Waals surface area contributed by atoms with Gasteiger partial charge >= 0.3 is 0 Å². The zero-order valence-electron chi connectivity index (χ0n) is 20.9. The summed E-state index contributed by atoms with van der Waals surface area (Å²) in [5, 5.41) is 15.7. The lowest BCUT2D eigenvalue weighted by atomic mass is 9.99. The molecule has 0 aromatic heterocycles. The second kappa shape index (κ2) is 13.8. The van der Waals surface area contributed by atoms with Crippen LogP contribution in [0.4, 0.5) is 5.69 Å². The standard InChI is InChI=1S/C29H30Cl2N4O2/c1-3-12-33-13-11-28(36)34-29(37)19-35(27-16-25(30)15-26(31)17-27)20(2)22-7-9-23(10-8-22)24-6-4-5-21(14-24)18-32/h4-10,14-17,20,33H,3,11-13,19H2,1-2H3,(H,34,36,37)/t20-/m0/s1. The van der Waals surface area contributed by atoms with Gasteiger partial charge in [0.2, 0.25) is 11.8 Å². The molecule has 0 fully saturated rings. The van der Waals surface area contributed by atoms with Gasteiger partial charge in [-0.25, -0.2) is 0 Å². The minimum Gasteiger partial charge on any atom is -0.355 e. The maximum absolute atomic E-state index is 12.8. The molecule has 0 saturated carbocycles. The number of carbonyl (C=O) groups is 2. The van der Waals surface area contributed by atoms with Gasteiger partial charge in [0.25, 0.3) is 0 Å². The van der Waals surface area contributed by atoms with Gasteiger partial charge in [-0.2, -0.15) is 5.26 Å². The van der Waals surface area contributed by atoms with E-state index >= 15 is 0 Å². The summed E-state index contributed by atoms with van der Waals surface area (Å²) in [6.07, 6.45) is 1.20. The van der Waals surface area contributed by atoms with Crippen LogP contribution in [0.2, 0.25) is 10.0 Å². The average Bonchev–Trinajstić information content (AvgIpc) is 2.89. The number of anilines is 1. The van der Waals surface area contributed by atoms with Gasteiger partial charge in [-0.1, -0.05) is 66.5 Å².